The molecule has 1 aliphatic rings. The molecule has 1 aromatic heterocycles. The van der Waals surface area contributed by atoms with Crippen LogP contribution in [0.1, 0.15) is 25.0 Å². The molecular formula is C13H23N3O2. The van der Waals surface area contributed by atoms with Gasteiger partial charge in [0.05, 0.1) is 5.69 Å². The summed E-state index contributed by atoms with van der Waals surface area (Å²) < 4.78 is 12.6. The molecule has 0 aromatic carbocycles. The smallest absolute Gasteiger partial charge is 0.203 e. The number of aryl methyl sites for hydroxylation is 2. The van der Waals surface area contributed by atoms with Crippen molar-refractivity contribution in [1.29, 1.82) is 0 Å². The molecule has 2 rings (SSSR count). The Balaban J connectivity index is 1.93. The van der Waals surface area contributed by atoms with E-state index in [0.717, 1.165) is 57.3 Å². The van der Waals surface area contributed by atoms with Crippen molar-refractivity contribution < 1.29 is 9.47 Å². The maximum absolute atomic E-state index is 5.37. The highest BCUT2D eigenvalue weighted by Gasteiger charge is 2.16. The van der Waals surface area contributed by atoms with Crippen LogP contribution in [-0.4, -0.2) is 42.5 Å². The van der Waals surface area contributed by atoms with Crippen molar-refractivity contribution in [3.63, 3.8) is 0 Å². The molecule has 2 heterocycles. The van der Waals surface area contributed by atoms with Crippen LogP contribution in [0.25, 0.3) is 0 Å². The first-order chi connectivity index (χ1) is 8.79. The third kappa shape index (κ3) is 3.71. The molecule has 5 nitrogen and oxygen atoms in total. The number of hydrogen-bond donors (Lipinski definition) is 1. The molecule has 1 N–H and O–H groups in total. The maximum atomic E-state index is 5.37. The monoisotopic (exact) mass is 253 g/mol. The minimum atomic E-state index is 0.488. The molecule has 0 radical (unpaired) electrons. The van der Waals surface area contributed by atoms with Crippen LogP contribution in [0.15, 0.2) is 6.20 Å². The van der Waals surface area contributed by atoms with Crippen molar-refractivity contribution in [2.45, 2.75) is 38.8 Å². The fourth-order valence-corrected chi connectivity index (χ4v) is 2.24. The molecule has 0 unspecified atom stereocenters. The van der Waals surface area contributed by atoms with Gasteiger partial charge in [-0.3, -0.25) is 0 Å². The third-order valence-electron chi connectivity index (χ3n) is 3.20. The molecule has 18 heavy (non-hydrogen) atoms. The number of nitrogens with one attached hydrogen (secondary N) is 1. The summed E-state index contributed by atoms with van der Waals surface area (Å²) in [5.41, 5.74) is 1.06. The Morgan fingerprint density at radius 3 is 3.00 bits per heavy atom. The van der Waals surface area contributed by atoms with E-state index in [1.54, 1.807) is 7.11 Å². The number of nitrogens with zero attached hydrogens (tertiary/aromatic N) is 2. The Bertz CT molecular complexity index is 359. The summed E-state index contributed by atoms with van der Waals surface area (Å²) in [6, 6.07) is 0.488. The van der Waals surface area contributed by atoms with E-state index in [9.17, 15) is 0 Å². The Morgan fingerprint density at radius 1 is 1.50 bits per heavy atom. The van der Waals surface area contributed by atoms with Gasteiger partial charge in [-0.15, -0.1) is 0 Å². The summed E-state index contributed by atoms with van der Waals surface area (Å²) in [6.45, 7) is 5.46. The lowest BCUT2D eigenvalue weighted by Gasteiger charge is -2.24. The van der Waals surface area contributed by atoms with Crippen molar-refractivity contribution in [1.82, 2.24) is 9.55 Å². The van der Waals surface area contributed by atoms with Crippen LogP contribution < -0.4 is 5.32 Å². The summed E-state index contributed by atoms with van der Waals surface area (Å²) in [6.07, 6.45) is 5.22. The van der Waals surface area contributed by atoms with Gasteiger partial charge in [-0.2, -0.15) is 0 Å². The summed E-state index contributed by atoms with van der Waals surface area (Å²) >= 11 is 0. The lowest BCUT2D eigenvalue weighted by molar-refractivity contribution is 0.0902. The average Bonchev–Trinajstić information content (AvgIpc) is 2.71. The topological polar surface area (TPSA) is 48.3 Å². The number of methoxy groups -OCH3 is 1. The first-order valence-electron chi connectivity index (χ1n) is 6.66. The van der Waals surface area contributed by atoms with E-state index in [1.807, 2.05) is 6.92 Å². The van der Waals surface area contributed by atoms with Crippen LogP contribution in [0.4, 0.5) is 5.95 Å². The van der Waals surface area contributed by atoms with Crippen LogP contribution in [0.3, 0.4) is 0 Å². The van der Waals surface area contributed by atoms with Gasteiger partial charge in [0.1, 0.15) is 0 Å². The number of imidazole rings is 1. The lowest BCUT2D eigenvalue weighted by Crippen LogP contribution is -2.29. The van der Waals surface area contributed by atoms with E-state index in [1.165, 1.54) is 0 Å². The number of rotatable bonds is 6. The van der Waals surface area contributed by atoms with Crippen LogP contribution in [0.5, 0.6) is 0 Å². The van der Waals surface area contributed by atoms with Gasteiger partial charge < -0.3 is 19.4 Å². The third-order valence-corrected chi connectivity index (χ3v) is 3.20. The molecule has 0 aliphatic carbocycles. The standard InChI is InChI=1S/C13H23N3O2/c1-11-10-16(6-3-7-17-2)13(14-11)15-12-4-8-18-9-5-12/h10,12H,3-9H2,1-2H3,(H,14,15). The molecule has 0 bridgehead atoms. The Labute approximate surface area is 108 Å². The molecular weight excluding hydrogens is 230 g/mol. The van der Waals surface area contributed by atoms with Gasteiger partial charge in [-0.1, -0.05) is 0 Å². The molecule has 5 heteroatoms. The molecule has 1 aliphatic heterocycles. The predicted octanol–water partition coefficient (Wildman–Crippen LogP) is 1.82. The highest BCUT2D eigenvalue weighted by molar-refractivity contribution is 5.30. The summed E-state index contributed by atoms with van der Waals surface area (Å²) in [7, 11) is 1.74. The van der Waals surface area contributed by atoms with Crippen LogP contribution in [-0.2, 0) is 16.0 Å². The molecule has 0 amide bonds. The Morgan fingerprint density at radius 2 is 2.28 bits per heavy atom. The zero-order valence-electron chi connectivity index (χ0n) is 11.3. The van der Waals surface area contributed by atoms with Gasteiger partial charge in [0.15, 0.2) is 0 Å². The number of anilines is 1. The number of ether oxygens (including phenoxy) is 2. The van der Waals surface area contributed by atoms with E-state index >= 15 is 0 Å². The highest BCUT2D eigenvalue weighted by Crippen LogP contribution is 2.15. The first-order valence-corrected chi connectivity index (χ1v) is 6.66. The summed E-state index contributed by atoms with van der Waals surface area (Å²) in [5, 5.41) is 3.53. The van der Waals surface area contributed by atoms with Crippen molar-refractivity contribution in [3.05, 3.63) is 11.9 Å². The Hall–Kier alpha value is -1.07. The minimum absolute atomic E-state index is 0.488. The summed E-state index contributed by atoms with van der Waals surface area (Å²) in [4.78, 5) is 4.55. The second-order valence-corrected chi connectivity index (χ2v) is 4.78. The van der Waals surface area contributed by atoms with Gasteiger partial charge in [0.25, 0.3) is 0 Å². The SMILES string of the molecule is COCCCn1cc(C)nc1NC1CCOCC1. The molecule has 0 spiro atoms. The molecule has 1 saturated heterocycles. The zero-order valence-corrected chi connectivity index (χ0v) is 11.3. The fourth-order valence-electron chi connectivity index (χ4n) is 2.24. The van der Waals surface area contributed by atoms with Gasteiger partial charge in [-0.05, 0) is 26.2 Å². The first kappa shape index (κ1) is 13.4. The molecule has 102 valence electrons. The minimum Gasteiger partial charge on any atom is -0.385 e. The van der Waals surface area contributed by atoms with Crippen molar-refractivity contribution in [2.75, 3.05) is 32.2 Å². The van der Waals surface area contributed by atoms with Crippen LogP contribution in [0.2, 0.25) is 0 Å². The maximum Gasteiger partial charge on any atom is 0.203 e. The number of hydrogen-bond acceptors (Lipinski definition) is 4. The van der Waals surface area contributed by atoms with E-state index in [2.05, 4.69) is 21.1 Å². The van der Waals surface area contributed by atoms with Crippen molar-refractivity contribution >= 4 is 5.95 Å². The van der Waals surface area contributed by atoms with Gasteiger partial charge >= 0.3 is 0 Å². The second-order valence-electron chi connectivity index (χ2n) is 4.78. The van der Waals surface area contributed by atoms with Crippen molar-refractivity contribution in [2.24, 2.45) is 0 Å². The number of aromatic nitrogens is 2. The van der Waals surface area contributed by atoms with E-state index < -0.39 is 0 Å². The second kappa shape index (κ2) is 6.75. The predicted molar refractivity (Wildman–Crippen MR) is 70.9 cm³/mol. The van der Waals surface area contributed by atoms with E-state index in [0.29, 0.717) is 6.04 Å². The van der Waals surface area contributed by atoms with Crippen molar-refractivity contribution in [3.8, 4) is 0 Å². The van der Waals surface area contributed by atoms with Gasteiger partial charge in [0, 0.05) is 45.7 Å². The molecule has 0 atom stereocenters. The Kier molecular flexibility index (Phi) is 5.01. The highest BCUT2D eigenvalue weighted by atomic mass is 16.5. The van der Waals surface area contributed by atoms with Crippen LogP contribution >= 0.6 is 0 Å². The van der Waals surface area contributed by atoms with Crippen LogP contribution in [0, 0.1) is 6.92 Å². The quantitative estimate of drug-likeness (QED) is 0.786. The lowest BCUT2D eigenvalue weighted by atomic mass is 10.1. The molecule has 1 fully saturated rings. The van der Waals surface area contributed by atoms with E-state index in [4.69, 9.17) is 9.47 Å². The normalized spacial score (nSPS) is 17.0. The van der Waals surface area contributed by atoms with E-state index in [-0.39, 0.29) is 0 Å². The zero-order chi connectivity index (χ0) is 12.8. The fraction of sp³-hybridized carbons (Fsp3) is 0.769. The molecule has 1 aromatic rings. The average molecular weight is 253 g/mol. The van der Waals surface area contributed by atoms with Gasteiger partial charge in [-0.25, -0.2) is 4.98 Å². The summed E-state index contributed by atoms with van der Waals surface area (Å²) in [5.74, 6) is 0.982. The molecule has 0 saturated carbocycles. The largest absolute Gasteiger partial charge is 0.385 e. The van der Waals surface area contributed by atoms with Gasteiger partial charge in [0.2, 0.25) is 5.95 Å².